The van der Waals surface area contributed by atoms with E-state index in [1.807, 2.05) is 18.2 Å². The number of hydrogen-bond donors (Lipinski definition) is 0. The monoisotopic (exact) mass is 510 g/mol. The Morgan fingerprint density at radius 1 is 0.350 bits per heavy atom. The minimum absolute atomic E-state index is 0.889. The Morgan fingerprint density at radius 3 is 1.60 bits per heavy atom. The summed E-state index contributed by atoms with van der Waals surface area (Å²) >= 11 is 0. The van der Waals surface area contributed by atoms with E-state index in [4.69, 9.17) is 8.83 Å². The predicted molar refractivity (Wildman–Crippen MR) is 167 cm³/mol. The Balaban J connectivity index is 1.46. The van der Waals surface area contributed by atoms with Crippen LogP contribution in [-0.2, 0) is 0 Å². The van der Waals surface area contributed by atoms with Crippen LogP contribution in [0.15, 0.2) is 142 Å². The van der Waals surface area contributed by atoms with Crippen molar-refractivity contribution in [1.29, 1.82) is 0 Å². The molecule has 0 spiro atoms. The molecule has 0 N–H and O–H groups in total. The molecular weight excluding hydrogens is 488 g/mol. The summed E-state index contributed by atoms with van der Waals surface area (Å²) in [6.07, 6.45) is 0. The number of para-hydroxylation sites is 2. The number of furan rings is 2. The van der Waals surface area contributed by atoms with Gasteiger partial charge in [0.05, 0.1) is 0 Å². The van der Waals surface area contributed by atoms with Crippen molar-refractivity contribution in [3.05, 3.63) is 133 Å². The molecule has 186 valence electrons. The van der Waals surface area contributed by atoms with Crippen LogP contribution in [0, 0.1) is 0 Å². The SMILES string of the molecule is c1ccc2c(-c3ccc(-c4cccc5oc6ccccc6c45)c4c3oc3ccccc34)c3ccccc3cc2c1. The van der Waals surface area contributed by atoms with Gasteiger partial charge in [0.2, 0.25) is 0 Å². The number of fused-ring (bicyclic) bond motifs is 8. The summed E-state index contributed by atoms with van der Waals surface area (Å²) in [5.74, 6) is 0. The number of benzene rings is 7. The van der Waals surface area contributed by atoms with E-state index in [1.54, 1.807) is 0 Å². The Bertz CT molecular complexity index is 2380. The number of hydrogen-bond acceptors (Lipinski definition) is 2. The molecule has 2 heteroatoms. The fourth-order valence-corrected chi connectivity index (χ4v) is 6.55. The van der Waals surface area contributed by atoms with Gasteiger partial charge in [-0.2, -0.15) is 0 Å². The molecule has 0 aliphatic carbocycles. The second-order valence-corrected chi connectivity index (χ2v) is 10.4. The van der Waals surface area contributed by atoms with Crippen molar-refractivity contribution in [2.24, 2.45) is 0 Å². The van der Waals surface area contributed by atoms with Gasteiger partial charge in [0.15, 0.2) is 0 Å². The summed E-state index contributed by atoms with van der Waals surface area (Å²) in [5.41, 5.74) is 8.19. The summed E-state index contributed by atoms with van der Waals surface area (Å²) in [6.45, 7) is 0. The lowest BCUT2D eigenvalue weighted by Gasteiger charge is -2.14. The second-order valence-electron chi connectivity index (χ2n) is 10.4. The molecule has 0 aliphatic heterocycles. The van der Waals surface area contributed by atoms with Crippen molar-refractivity contribution in [2.75, 3.05) is 0 Å². The Kier molecular flexibility index (Phi) is 4.36. The van der Waals surface area contributed by atoms with Gasteiger partial charge >= 0.3 is 0 Å². The average molecular weight is 511 g/mol. The zero-order valence-corrected chi connectivity index (χ0v) is 21.5. The van der Waals surface area contributed by atoms with E-state index in [0.29, 0.717) is 0 Å². The third-order valence-electron chi connectivity index (χ3n) is 8.26. The van der Waals surface area contributed by atoms with E-state index in [0.717, 1.165) is 60.6 Å². The van der Waals surface area contributed by atoms with E-state index < -0.39 is 0 Å². The van der Waals surface area contributed by atoms with Crippen molar-refractivity contribution in [3.8, 4) is 22.3 Å². The standard InChI is InChI=1S/C38H22O2/c1-3-12-25-23(10-1)22-24-11-2-4-13-26(24)35(25)31-21-20-28(37-30-15-6-8-18-33(30)40-38(31)37)27-16-9-19-34-36(27)29-14-5-7-17-32(29)39-34/h1-22H. The molecule has 9 aromatic rings. The van der Waals surface area contributed by atoms with Gasteiger partial charge in [-0.15, -0.1) is 0 Å². The quantitative estimate of drug-likeness (QED) is 0.216. The van der Waals surface area contributed by atoms with Crippen molar-refractivity contribution in [3.63, 3.8) is 0 Å². The molecule has 0 radical (unpaired) electrons. The Hall–Kier alpha value is -5.34. The van der Waals surface area contributed by atoms with Crippen LogP contribution in [0.3, 0.4) is 0 Å². The fourth-order valence-electron chi connectivity index (χ4n) is 6.55. The fraction of sp³-hybridized carbons (Fsp3) is 0. The molecule has 0 saturated heterocycles. The first-order chi connectivity index (χ1) is 19.8. The smallest absolute Gasteiger partial charge is 0.143 e. The van der Waals surface area contributed by atoms with E-state index in [1.165, 1.54) is 27.1 Å². The zero-order valence-electron chi connectivity index (χ0n) is 21.5. The summed E-state index contributed by atoms with van der Waals surface area (Å²) in [7, 11) is 0. The van der Waals surface area contributed by atoms with Gasteiger partial charge in [0.25, 0.3) is 0 Å². The zero-order chi connectivity index (χ0) is 26.2. The van der Waals surface area contributed by atoms with E-state index in [-0.39, 0.29) is 0 Å². The molecule has 2 nitrogen and oxygen atoms in total. The highest BCUT2D eigenvalue weighted by Gasteiger charge is 2.22. The van der Waals surface area contributed by atoms with Crippen molar-refractivity contribution in [1.82, 2.24) is 0 Å². The van der Waals surface area contributed by atoms with Gasteiger partial charge in [-0.25, -0.2) is 0 Å². The molecule has 40 heavy (non-hydrogen) atoms. The first kappa shape index (κ1) is 21.6. The van der Waals surface area contributed by atoms with Gasteiger partial charge in [-0.1, -0.05) is 103 Å². The van der Waals surface area contributed by atoms with E-state index >= 15 is 0 Å². The first-order valence-corrected chi connectivity index (χ1v) is 13.6. The molecule has 0 unspecified atom stereocenters. The maximum Gasteiger partial charge on any atom is 0.143 e. The highest BCUT2D eigenvalue weighted by molar-refractivity contribution is 6.24. The van der Waals surface area contributed by atoms with Gasteiger partial charge in [-0.05, 0) is 63.0 Å². The van der Waals surface area contributed by atoms with Crippen molar-refractivity contribution < 1.29 is 8.83 Å². The molecule has 0 bridgehead atoms. The van der Waals surface area contributed by atoms with E-state index in [9.17, 15) is 0 Å². The van der Waals surface area contributed by atoms with Crippen LogP contribution >= 0.6 is 0 Å². The molecule has 0 fully saturated rings. The molecule has 9 rings (SSSR count). The summed E-state index contributed by atoms with van der Waals surface area (Å²) < 4.78 is 13.0. The second kappa shape index (κ2) is 8.08. The third kappa shape index (κ3) is 2.93. The molecule has 0 saturated carbocycles. The van der Waals surface area contributed by atoms with E-state index in [2.05, 4.69) is 115 Å². The summed E-state index contributed by atoms with van der Waals surface area (Å²) in [6, 6.07) is 47.1. The average Bonchev–Trinajstić information content (AvgIpc) is 3.59. The summed E-state index contributed by atoms with van der Waals surface area (Å²) in [4.78, 5) is 0. The van der Waals surface area contributed by atoms with Crippen LogP contribution in [0.1, 0.15) is 0 Å². The van der Waals surface area contributed by atoms with Crippen molar-refractivity contribution in [2.45, 2.75) is 0 Å². The topological polar surface area (TPSA) is 26.3 Å². The lowest BCUT2D eigenvalue weighted by molar-refractivity contribution is 0.668. The van der Waals surface area contributed by atoms with Crippen LogP contribution in [-0.4, -0.2) is 0 Å². The maximum atomic E-state index is 6.76. The molecule has 2 heterocycles. The minimum Gasteiger partial charge on any atom is -0.456 e. The van der Waals surface area contributed by atoms with Gasteiger partial charge < -0.3 is 8.83 Å². The molecular formula is C38H22O2. The molecule has 2 aromatic heterocycles. The molecule has 0 amide bonds. The first-order valence-electron chi connectivity index (χ1n) is 13.6. The maximum absolute atomic E-state index is 6.76. The lowest BCUT2D eigenvalue weighted by atomic mass is 9.88. The van der Waals surface area contributed by atoms with Gasteiger partial charge in [0.1, 0.15) is 22.3 Å². The molecule has 0 atom stereocenters. The molecule has 7 aromatic carbocycles. The highest BCUT2D eigenvalue weighted by Crippen LogP contribution is 2.47. The Labute approximate surface area is 229 Å². The predicted octanol–water partition coefficient (Wildman–Crippen LogP) is 11.1. The van der Waals surface area contributed by atoms with Gasteiger partial charge in [0, 0.05) is 32.7 Å². The third-order valence-corrected chi connectivity index (χ3v) is 8.26. The normalized spacial score (nSPS) is 12.0. The lowest BCUT2D eigenvalue weighted by Crippen LogP contribution is -1.88. The van der Waals surface area contributed by atoms with Crippen molar-refractivity contribution >= 4 is 65.4 Å². The highest BCUT2D eigenvalue weighted by atomic mass is 16.3. The molecule has 0 aliphatic rings. The largest absolute Gasteiger partial charge is 0.456 e. The van der Waals surface area contributed by atoms with Crippen LogP contribution < -0.4 is 0 Å². The number of rotatable bonds is 2. The van der Waals surface area contributed by atoms with Crippen LogP contribution in [0.5, 0.6) is 0 Å². The van der Waals surface area contributed by atoms with Crippen LogP contribution in [0.4, 0.5) is 0 Å². The summed E-state index contributed by atoms with van der Waals surface area (Å²) in [5, 5.41) is 9.38. The van der Waals surface area contributed by atoms with Crippen LogP contribution in [0.25, 0.3) is 87.7 Å². The Morgan fingerprint density at radius 2 is 0.875 bits per heavy atom. The van der Waals surface area contributed by atoms with Crippen LogP contribution in [0.2, 0.25) is 0 Å². The minimum atomic E-state index is 0.889. The van der Waals surface area contributed by atoms with Gasteiger partial charge in [-0.3, -0.25) is 0 Å².